The van der Waals surface area contributed by atoms with E-state index in [1.165, 1.54) is 40.0 Å². The third kappa shape index (κ3) is 13.7. The number of aryl methyl sites for hydroxylation is 4. The van der Waals surface area contributed by atoms with Crippen molar-refractivity contribution in [3.63, 3.8) is 0 Å². The minimum absolute atomic E-state index is 0.121. The molecule has 1 N–H and O–H groups in total. The first-order chi connectivity index (χ1) is 20.5. The van der Waals surface area contributed by atoms with Gasteiger partial charge >= 0.3 is 5.97 Å². The molecule has 0 bridgehead atoms. The Morgan fingerprint density at radius 1 is 0.930 bits per heavy atom. The number of esters is 1. The van der Waals surface area contributed by atoms with Crippen molar-refractivity contribution < 1.29 is 14.7 Å². The van der Waals surface area contributed by atoms with E-state index in [0.29, 0.717) is 25.6 Å². The molecular formula is C37H56N2O4. The van der Waals surface area contributed by atoms with Crippen LogP contribution in [0, 0.1) is 19.8 Å². The van der Waals surface area contributed by atoms with Crippen molar-refractivity contribution in [2.75, 3.05) is 13.2 Å². The van der Waals surface area contributed by atoms with E-state index >= 15 is 0 Å². The third-order valence-electron chi connectivity index (χ3n) is 7.34. The van der Waals surface area contributed by atoms with Crippen LogP contribution in [0.15, 0.2) is 65.6 Å². The van der Waals surface area contributed by atoms with E-state index < -0.39 is 0 Å². The second-order valence-electron chi connectivity index (χ2n) is 11.4. The van der Waals surface area contributed by atoms with Crippen LogP contribution in [0.25, 0.3) is 0 Å². The number of carbonyl (C=O) groups excluding carboxylic acids is 1. The van der Waals surface area contributed by atoms with Gasteiger partial charge in [0.05, 0.1) is 13.0 Å². The fourth-order valence-corrected chi connectivity index (χ4v) is 4.58. The molecule has 0 spiro atoms. The maximum Gasteiger partial charge on any atom is 0.306 e. The highest BCUT2D eigenvalue weighted by atomic mass is 16.5. The van der Waals surface area contributed by atoms with Gasteiger partial charge in [0.1, 0.15) is 0 Å². The second kappa shape index (κ2) is 20.6. The van der Waals surface area contributed by atoms with Gasteiger partial charge in [-0.1, -0.05) is 96.3 Å². The molecule has 3 rings (SSSR count). The number of carbonyl (C=O) groups is 1. The van der Waals surface area contributed by atoms with Gasteiger partial charge in [0.25, 0.3) is 5.56 Å². The molecule has 3 aromatic rings. The third-order valence-corrected chi connectivity index (χ3v) is 7.34. The first-order valence-electron chi connectivity index (χ1n) is 15.9. The fraction of sp³-hybridized carbons (Fsp3) is 0.514. The van der Waals surface area contributed by atoms with E-state index in [2.05, 4.69) is 65.8 Å². The Balaban J connectivity index is 0.000000589. The monoisotopic (exact) mass is 592 g/mol. The zero-order valence-electron chi connectivity index (χ0n) is 28.2. The summed E-state index contributed by atoms with van der Waals surface area (Å²) in [6.45, 7) is 18.0. The molecule has 2 unspecified atom stereocenters. The van der Waals surface area contributed by atoms with Crippen LogP contribution < -0.4 is 5.56 Å². The Morgan fingerprint density at radius 3 is 2.14 bits per heavy atom. The highest BCUT2D eigenvalue weighted by Crippen LogP contribution is 2.30. The summed E-state index contributed by atoms with van der Waals surface area (Å²) >= 11 is 0. The average molecular weight is 593 g/mol. The van der Waals surface area contributed by atoms with Crippen molar-refractivity contribution in [3.8, 4) is 0 Å². The summed E-state index contributed by atoms with van der Waals surface area (Å²) < 4.78 is 6.68. The zero-order valence-corrected chi connectivity index (χ0v) is 28.2. The normalized spacial score (nSPS) is 12.0. The lowest BCUT2D eigenvalue weighted by atomic mass is 9.87. The largest absolute Gasteiger partial charge is 0.466 e. The molecule has 0 aliphatic heterocycles. The highest BCUT2D eigenvalue weighted by molar-refractivity contribution is 5.71. The van der Waals surface area contributed by atoms with Crippen molar-refractivity contribution in [2.45, 2.75) is 100.0 Å². The summed E-state index contributed by atoms with van der Waals surface area (Å²) in [6, 6.07) is 18.0. The summed E-state index contributed by atoms with van der Waals surface area (Å²) in [5.74, 6) is -0.194. The molecule has 1 aromatic heterocycles. The zero-order chi connectivity index (χ0) is 32.4. The Bertz CT molecular complexity index is 1280. The minimum atomic E-state index is -0.300. The predicted molar refractivity (Wildman–Crippen MR) is 179 cm³/mol. The van der Waals surface area contributed by atoms with Crippen LogP contribution in [0.3, 0.4) is 0 Å². The number of benzene rings is 2. The maximum absolute atomic E-state index is 12.3. The van der Waals surface area contributed by atoms with Gasteiger partial charge in [0, 0.05) is 38.3 Å². The number of ether oxygens (including phenoxy) is 1. The molecule has 0 saturated heterocycles. The molecule has 0 fully saturated rings. The number of pyridine rings is 1. The van der Waals surface area contributed by atoms with Crippen LogP contribution in [0.4, 0.5) is 0 Å². The van der Waals surface area contributed by atoms with Crippen molar-refractivity contribution in [2.24, 2.45) is 13.0 Å². The molecule has 6 nitrogen and oxygen atoms in total. The van der Waals surface area contributed by atoms with E-state index in [0.717, 1.165) is 28.7 Å². The molecule has 1 heterocycles. The molecule has 0 aliphatic rings. The lowest BCUT2D eigenvalue weighted by molar-refractivity contribution is -0.143. The summed E-state index contributed by atoms with van der Waals surface area (Å²) in [7, 11) is 1.70. The SMILES string of the molecule is CCC.CCCc1ccccc1C.CCOC(=O)CC(c1ccc(C)c(CN(O)CC(C)CC)c1)c1ccn(C)c(=O)c1. The van der Waals surface area contributed by atoms with Gasteiger partial charge in [-0.3, -0.25) is 9.59 Å². The van der Waals surface area contributed by atoms with Crippen LogP contribution >= 0.6 is 0 Å². The van der Waals surface area contributed by atoms with Crippen molar-refractivity contribution in [1.29, 1.82) is 0 Å². The number of hydrogen-bond acceptors (Lipinski definition) is 5. The van der Waals surface area contributed by atoms with Gasteiger partial charge in [0.15, 0.2) is 0 Å². The highest BCUT2D eigenvalue weighted by Gasteiger charge is 2.21. The summed E-state index contributed by atoms with van der Waals surface area (Å²) in [5.41, 5.74) is 6.56. The van der Waals surface area contributed by atoms with E-state index in [9.17, 15) is 14.8 Å². The number of aromatic nitrogens is 1. The lowest BCUT2D eigenvalue weighted by Gasteiger charge is -2.22. The van der Waals surface area contributed by atoms with Gasteiger partial charge in [-0.25, -0.2) is 0 Å². The molecule has 6 heteroatoms. The molecule has 2 aromatic carbocycles. The maximum atomic E-state index is 12.3. The van der Waals surface area contributed by atoms with Crippen LogP contribution in [0.5, 0.6) is 0 Å². The average Bonchev–Trinajstić information content (AvgIpc) is 2.97. The first-order valence-corrected chi connectivity index (χ1v) is 15.9. The summed E-state index contributed by atoms with van der Waals surface area (Å²) in [5, 5.41) is 11.7. The molecule has 43 heavy (non-hydrogen) atoms. The fourth-order valence-electron chi connectivity index (χ4n) is 4.58. The van der Waals surface area contributed by atoms with Gasteiger partial charge < -0.3 is 14.5 Å². The smallest absolute Gasteiger partial charge is 0.306 e. The Kier molecular flexibility index (Phi) is 18.2. The number of hydrogen-bond donors (Lipinski definition) is 1. The van der Waals surface area contributed by atoms with Crippen molar-refractivity contribution in [1.82, 2.24) is 9.63 Å². The molecule has 0 radical (unpaired) electrons. The molecule has 0 saturated carbocycles. The van der Waals surface area contributed by atoms with E-state index in [1.54, 1.807) is 26.2 Å². The minimum Gasteiger partial charge on any atom is -0.466 e. The van der Waals surface area contributed by atoms with Gasteiger partial charge in [-0.15, -0.1) is 0 Å². The Hall–Kier alpha value is -3.22. The van der Waals surface area contributed by atoms with Crippen molar-refractivity contribution in [3.05, 3.63) is 105 Å². The molecule has 238 valence electrons. The summed E-state index contributed by atoms with van der Waals surface area (Å²) in [4.78, 5) is 24.5. The predicted octanol–water partition coefficient (Wildman–Crippen LogP) is 8.38. The first kappa shape index (κ1) is 37.8. The topological polar surface area (TPSA) is 71.8 Å². The summed E-state index contributed by atoms with van der Waals surface area (Å²) in [6.07, 6.45) is 6.57. The standard InChI is InChI=1S/C24H34N2O4.C10H14.C3H8/c1-6-17(3)15-26(29)16-21-12-19(9-8-18(21)4)22(14-24(28)30-7-2)20-10-11-25(5)23(27)13-20;1-3-6-10-8-5-4-7-9(10)2;1-3-2/h8-13,17,22,29H,6-7,14-16H2,1-5H3;4-5,7-8H,3,6H2,1-2H3;3H2,1-2H3. The van der Waals surface area contributed by atoms with Crippen LogP contribution in [0.2, 0.25) is 0 Å². The second-order valence-corrected chi connectivity index (χ2v) is 11.4. The Labute approximate surface area is 260 Å². The van der Waals surface area contributed by atoms with Gasteiger partial charge in [-0.2, -0.15) is 5.06 Å². The number of nitrogens with zero attached hydrogens (tertiary/aromatic N) is 2. The van der Waals surface area contributed by atoms with E-state index in [4.69, 9.17) is 4.74 Å². The number of rotatable bonds is 12. The molecule has 0 amide bonds. The lowest BCUT2D eigenvalue weighted by Crippen LogP contribution is -2.25. The van der Waals surface area contributed by atoms with Gasteiger partial charge in [-0.05, 0) is 72.6 Å². The molecular weight excluding hydrogens is 536 g/mol. The number of hydroxylamine groups is 2. The van der Waals surface area contributed by atoms with E-state index in [1.807, 2.05) is 31.2 Å². The van der Waals surface area contributed by atoms with Crippen molar-refractivity contribution >= 4 is 5.97 Å². The van der Waals surface area contributed by atoms with E-state index in [-0.39, 0.29) is 23.9 Å². The van der Waals surface area contributed by atoms with Crippen LogP contribution in [-0.2, 0) is 29.5 Å². The van der Waals surface area contributed by atoms with Crippen LogP contribution in [-0.4, -0.2) is 34.0 Å². The Morgan fingerprint density at radius 2 is 1.56 bits per heavy atom. The van der Waals surface area contributed by atoms with Crippen LogP contribution in [0.1, 0.15) is 107 Å². The molecule has 0 aliphatic carbocycles. The molecule has 2 atom stereocenters. The quantitative estimate of drug-likeness (QED) is 0.169. The van der Waals surface area contributed by atoms with Gasteiger partial charge in [0.2, 0.25) is 0 Å².